The normalized spacial score (nSPS) is 10.2. The second-order valence-electron chi connectivity index (χ2n) is 4.29. The summed E-state index contributed by atoms with van der Waals surface area (Å²) in [6, 6.07) is 8.28. The maximum atomic E-state index is 13.1. The van der Waals surface area contributed by atoms with Crippen LogP contribution in [0.3, 0.4) is 0 Å². The maximum Gasteiger partial charge on any atom is 0.255 e. The molecule has 0 saturated heterocycles. The van der Waals surface area contributed by atoms with Gasteiger partial charge in [0, 0.05) is 5.56 Å². The monoisotopic (exact) mass is 277 g/mol. The molecule has 20 heavy (non-hydrogen) atoms. The van der Waals surface area contributed by atoms with E-state index in [1.807, 2.05) is 13.0 Å². The van der Waals surface area contributed by atoms with Crippen molar-refractivity contribution in [2.24, 2.45) is 0 Å². The Labute approximate surface area is 115 Å². The van der Waals surface area contributed by atoms with Gasteiger partial charge in [0.2, 0.25) is 0 Å². The van der Waals surface area contributed by atoms with Crippen LogP contribution in [0.5, 0.6) is 5.75 Å². The molecule has 2 aromatic carbocycles. The van der Waals surface area contributed by atoms with E-state index in [1.165, 1.54) is 13.2 Å². The third-order valence-corrected chi connectivity index (χ3v) is 2.78. The summed E-state index contributed by atoms with van der Waals surface area (Å²) in [7, 11) is 1.48. The average Bonchev–Trinajstić information content (AvgIpc) is 2.42. The van der Waals surface area contributed by atoms with Crippen LogP contribution < -0.4 is 10.1 Å². The van der Waals surface area contributed by atoms with E-state index in [2.05, 4.69) is 5.32 Å². The van der Waals surface area contributed by atoms with E-state index in [1.54, 1.807) is 12.1 Å². The Balaban J connectivity index is 2.27. The third kappa shape index (κ3) is 2.93. The molecule has 0 bridgehead atoms. The summed E-state index contributed by atoms with van der Waals surface area (Å²) < 4.78 is 31.1. The van der Waals surface area contributed by atoms with Crippen molar-refractivity contribution in [3.63, 3.8) is 0 Å². The first-order chi connectivity index (χ1) is 9.51. The predicted molar refractivity (Wildman–Crippen MR) is 72.0 cm³/mol. The lowest BCUT2D eigenvalue weighted by Gasteiger charge is -2.11. The van der Waals surface area contributed by atoms with Crippen molar-refractivity contribution < 1.29 is 18.3 Å². The summed E-state index contributed by atoms with van der Waals surface area (Å²) >= 11 is 0. The van der Waals surface area contributed by atoms with E-state index >= 15 is 0 Å². The minimum atomic E-state index is -1.06. The molecule has 0 radical (unpaired) electrons. The van der Waals surface area contributed by atoms with E-state index in [9.17, 15) is 13.6 Å². The Morgan fingerprint density at radius 1 is 1.10 bits per heavy atom. The Morgan fingerprint density at radius 3 is 2.50 bits per heavy atom. The number of carbonyl (C=O) groups excluding carboxylic acids is 1. The van der Waals surface area contributed by atoms with Crippen molar-refractivity contribution in [3.05, 3.63) is 59.2 Å². The molecule has 0 fully saturated rings. The fourth-order valence-electron chi connectivity index (χ4n) is 1.75. The SMILES string of the molecule is COc1ccc(C)cc1NC(=O)c1ccc(F)c(F)c1. The smallest absolute Gasteiger partial charge is 0.255 e. The fraction of sp³-hybridized carbons (Fsp3) is 0.133. The van der Waals surface area contributed by atoms with Crippen LogP contribution in [0.1, 0.15) is 15.9 Å². The highest BCUT2D eigenvalue weighted by Crippen LogP contribution is 2.25. The van der Waals surface area contributed by atoms with Gasteiger partial charge in [-0.15, -0.1) is 0 Å². The van der Waals surface area contributed by atoms with Crippen molar-refractivity contribution in [1.82, 2.24) is 0 Å². The van der Waals surface area contributed by atoms with Gasteiger partial charge in [-0.3, -0.25) is 4.79 Å². The first kappa shape index (κ1) is 14.0. The molecule has 0 saturated carbocycles. The van der Waals surface area contributed by atoms with Gasteiger partial charge in [-0.2, -0.15) is 0 Å². The van der Waals surface area contributed by atoms with Crippen LogP contribution in [-0.2, 0) is 0 Å². The maximum absolute atomic E-state index is 13.1. The molecule has 5 heteroatoms. The first-order valence-corrected chi connectivity index (χ1v) is 5.92. The van der Waals surface area contributed by atoms with Crippen LogP contribution in [0, 0.1) is 18.6 Å². The number of benzene rings is 2. The fourth-order valence-corrected chi connectivity index (χ4v) is 1.75. The summed E-state index contributed by atoms with van der Waals surface area (Å²) in [6.07, 6.45) is 0. The molecule has 0 spiro atoms. The number of ether oxygens (including phenoxy) is 1. The van der Waals surface area contributed by atoms with Gasteiger partial charge in [-0.05, 0) is 42.8 Å². The van der Waals surface area contributed by atoms with Crippen molar-refractivity contribution in [2.45, 2.75) is 6.92 Å². The molecular formula is C15H13F2NO2. The molecule has 0 aromatic heterocycles. The Hall–Kier alpha value is -2.43. The number of hydrogen-bond acceptors (Lipinski definition) is 2. The molecular weight excluding hydrogens is 264 g/mol. The lowest BCUT2D eigenvalue weighted by atomic mass is 10.1. The topological polar surface area (TPSA) is 38.3 Å². The van der Waals surface area contributed by atoms with Gasteiger partial charge in [0.15, 0.2) is 11.6 Å². The minimum absolute atomic E-state index is 0.0347. The molecule has 1 N–H and O–H groups in total. The van der Waals surface area contributed by atoms with Crippen molar-refractivity contribution in [1.29, 1.82) is 0 Å². The van der Waals surface area contributed by atoms with Gasteiger partial charge in [0.1, 0.15) is 5.75 Å². The van der Waals surface area contributed by atoms with E-state index in [0.717, 1.165) is 17.7 Å². The van der Waals surface area contributed by atoms with Crippen LogP contribution in [0.25, 0.3) is 0 Å². The molecule has 0 aliphatic rings. The highest BCUT2D eigenvalue weighted by Gasteiger charge is 2.12. The van der Waals surface area contributed by atoms with E-state index < -0.39 is 17.5 Å². The summed E-state index contributed by atoms with van der Waals surface area (Å²) in [5.74, 6) is -2.09. The zero-order valence-corrected chi connectivity index (χ0v) is 11.0. The molecule has 0 atom stereocenters. The molecule has 0 aliphatic heterocycles. The lowest BCUT2D eigenvalue weighted by molar-refractivity contribution is 0.102. The summed E-state index contributed by atoms with van der Waals surface area (Å²) in [5, 5.41) is 2.61. The molecule has 3 nitrogen and oxygen atoms in total. The van der Waals surface area contributed by atoms with Crippen molar-refractivity contribution in [2.75, 3.05) is 12.4 Å². The second-order valence-corrected chi connectivity index (χ2v) is 4.29. The first-order valence-electron chi connectivity index (χ1n) is 5.92. The van der Waals surface area contributed by atoms with Gasteiger partial charge in [0.25, 0.3) is 5.91 Å². The van der Waals surface area contributed by atoms with Crippen LogP contribution >= 0.6 is 0 Å². The predicted octanol–water partition coefficient (Wildman–Crippen LogP) is 3.53. The molecule has 0 aliphatic carbocycles. The van der Waals surface area contributed by atoms with Gasteiger partial charge in [-0.25, -0.2) is 8.78 Å². The summed E-state index contributed by atoms with van der Waals surface area (Å²) in [5.41, 5.74) is 1.45. The van der Waals surface area contributed by atoms with Crippen LogP contribution in [-0.4, -0.2) is 13.0 Å². The number of amides is 1. The Kier molecular flexibility index (Phi) is 3.98. The number of rotatable bonds is 3. The Morgan fingerprint density at radius 2 is 1.85 bits per heavy atom. The number of aryl methyl sites for hydroxylation is 1. The Bertz CT molecular complexity index is 656. The number of nitrogens with one attached hydrogen (secondary N) is 1. The lowest BCUT2D eigenvalue weighted by Crippen LogP contribution is -2.13. The largest absolute Gasteiger partial charge is 0.495 e. The number of methoxy groups -OCH3 is 1. The zero-order valence-electron chi connectivity index (χ0n) is 11.0. The third-order valence-electron chi connectivity index (χ3n) is 2.78. The summed E-state index contributed by atoms with van der Waals surface area (Å²) in [6.45, 7) is 1.87. The zero-order chi connectivity index (χ0) is 14.7. The van der Waals surface area contributed by atoms with Crippen molar-refractivity contribution >= 4 is 11.6 Å². The van der Waals surface area contributed by atoms with Gasteiger partial charge in [-0.1, -0.05) is 6.07 Å². The molecule has 2 rings (SSSR count). The van der Waals surface area contributed by atoms with Crippen LogP contribution in [0.15, 0.2) is 36.4 Å². The van der Waals surface area contributed by atoms with Gasteiger partial charge in [0.05, 0.1) is 12.8 Å². The molecule has 2 aromatic rings. The number of halogens is 2. The summed E-state index contributed by atoms with van der Waals surface area (Å²) in [4.78, 5) is 12.0. The standard InChI is InChI=1S/C15H13F2NO2/c1-9-3-6-14(20-2)13(7-9)18-15(19)10-4-5-11(16)12(17)8-10/h3-8H,1-2H3,(H,18,19). The molecule has 0 heterocycles. The van der Waals surface area contributed by atoms with Crippen LogP contribution in [0.4, 0.5) is 14.5 Å². The van der Waals surface area contributed by atoms with Crippen LogP contribution in [0.2, 0.25) is 0 Å². The number of hydrogen-bond donors (Lipinski definition) is 1. The minimum Gasteiger partial charge on any atom is -0.495 e. The van der Waals surface area contributed by atoms with Gasteiger partial charge < -0.3 is 10.1 Å². The number of anilines is 1. The second kappa shape index (κ2) is 5.69. The highest BCUT2D eigenvalue weighted by molar-refractivity contribution is 6.05. The molecule has 0 unspecified atom stereocenters. The van der Waals surface area contributed by atoms with E-state index in [0.29, 0.717) is 11.4 Å². The van der Waals surface area contributed by atoms with E-state index in [-0.39, 0.29) is 5.56 Å². The molecule has 104 valence electrons. The quantitative estimate of drug-likeness (QED) is 0.932. The van der Waals surface area contributed by atoms with Crippen molar-refractivity contribution in [3.8, 4) is 5.75 Å². The number of carbonyl (C=O) groups is 1. The highest BCUT2D eigenvalue weighted by atomic mass is 19.2. The van der Waals surface area contributed by atoms with E-state index in [4.69, 9.17) is 4.74 Å². The average molecular weight is 277 g/mol. The molecule has 1 amide bonds. The van der Waals surface area contributed by atoms with Gasteiger partial charge >= 0.3 is 0 Å².